The van der Waals surface area contributed by atoms with Gasteiger partial charge in [0.2, 0.25) is 0 Å². The highest BCUT2D eigenvalue weighted by atomic mass is 32.2. The molecule has 0 spiro atoms. The summed E-state index contributed by atoms with van der Waals surface area (Å²) >= 11 is 1.70. The van der Waals surface area contributed by atoms with Crippen molar-refractivity contribution in [2.45, 2.75) is 50.5 Å². The van der Waals surface area contributed by atoms with Gasteiger partial charge in [-0.1, -0.05) is 32.9 Å². The summed E-state index contributed by atoms with van der Waals surface area (Å²) in [6.07, 6.45) is 1.34. The predicted octanol–water partition coefficient (Wildman–Crippen LogP) is 4.95. The molecule has 6 heteroatoms. The number of aromatic nitrogens is 1. The van der Waals surface area contributed by atoms with Gasteiger partial charge in [0.25, 0.3) is 0 Å². The van der Waals surface area contributed by atoms with E-state index in [9.17, 15) is 9.18 Å². The standard InChI is InChI=1S/C20H24FNO3S/c1-4-14(3)26-19-7-5-6-16(22-19)12-25-18-9-8-15(11-17(18)21)10-13(2)20(23)24/h5-9,11,13-14H,4,10,12H2,1-3H3,(H,23,24). The van der Waals surface area contributed by atoms with Crippen LogP contribution in [-0.4, -0.2) is 21.3 Å². The van der Waals surface area contributed by atoms with Crippen molar-refractivity contribution in [3.8, 4) is 5.75 Å². The zero-order valence-electron chi connectivity index (χ0n) is 15.2. The van der Waals surface area contributed by atoms with Gasteiger partial charge in [0.1, 0.15) is 6.61 Å². The summed E-state index contributed by atoms with van der Waals surface area (Å²) in [5.74, 6) is -1.81. The largest absolute Gasteiger partial charge is 0.484 e. The van der Waals surface area contributed by atoms with Gasteiger partial charge in [-0.2, -0.15) is 0 Å². The lowest BCUT2D eigenvalue weighted by Gasteiger charge is -2.11. The lowest BCUT2D eigenvalue weighted by atomic mass is 10.0. The van der Waals surface area contributed by atoms with Crippen LogP contribution in [0.2, 0.25) is 0 Å². The molecular weight excluding hydrogens is 353 g/mol. The molecule has 0 amide bonds. The summed E-state index contributed by atoms with van der Waals surface area (Å²) in [5, 5.41) is 10.4. The van der Waals surface area contributed by atoms with E-state index in [2.05, 4.69) is 18.8 Å². The van der Waals surface area contributed by atoms with Gasteiger partial charge in [-0.15, -0.1) is 11.8 Å². The fourth-order valence-corrected chi connectivity index (χ4v) is 3.18. The first kappa shape index (κ1) is 20.2. The number of hydrogen-bond acceptors (Lipinski definition) is 4. The second kappa shape index (κ2) is 9.57. The summed E-state index contributed by atoms with van der Waals surface area (Å²) in [7, 11) is 0. The number of pyridine rings is 1. The van der Waals surface area contributed by atoms with Crippen molar-refractivity contribution in [2.24, 2.45) is 5.92 Å². The van der Waals surface area contributed by atoms with Gasteiger partial charge < -0.3 is 9.84 Å². The quantitative estimate of drug-likeness (QED) is 0.626. The zero-order chi connectivity index (χ0) is 19.1. The van der Waals surface area contributed by atoms with Gasteiger partial charge in [0.15, 0.2) is 11.6 Å². The first-order chi connectivity index (χ1) is 12.4. The number of nitrogens with zero attached hydrogens (tertiary/aromatic N) is 1. The third-order valence-electron chi connectivity index (χ3n) is 4.01. The summed E-state index contributed by atoms with van der Waals surface area (Å²) in [6, 6.07) is 10.3. The maximum Gasteiger partial charge on any atom is 0.306 e. The predicted molar refractivity (Wildman–Crippen MR) is 101 cm³/mol. The van der Waals surface area contributed by atoms with Crippen LogP contribution >= 0.6 is 11.8 Å². The Morgan fingerprint density at radius 1 is 1.31 bits per heavy atom. The maximum absolute atomic E-state index is 14.2. The molecule has 4 nitrogen and oxygen atoms in total. The van der Waals surface area contributed by atoms with Crippen LogP contribution in [-0.2, 0) is 17.8 Å². The molecule has 1 heterocycles. The van der Waals surface area contributed by atoms with E-state index < -0.39 is 17.7 Å². The normalized spacial score (nSPS) is 13.2. The summed E-state index contributed by atoms with van der Waals surface area (Å²) in [4.78, 5) is 15.4. The smallest absolute Gasteiger partial charge is 0.306 e. The van der Waals surface area contributed by atoms with Gasteiger partial charge in [-0.3, -0.25) is 4.79 Å². The molecule has 1 aromatic heterocycles. The van der Waals surface area contributed by atoms with Gasteiger partial charge >= 0.3 is 5.97 Å². The molecule has 1 aromatic carbocycles. The van der Waals surface area contributed by atoms with Crippen LogP contribution in [0.25, 0.3) is 0 Å². The molecule has 2 aromatic rings. The van der Waals surface area contributed by atoms with Crippen LogP contribution in [0.1, 0.15) is 38.4 Å². The second-order valence-electron chi connectivity index (χ2n) is 6.30. The highest BCUT2D eigenvalue weighted by Crippen LogP contribution is 2.24. The van der Waals surface area contributed by atoms with E-state index in [0.717, 1.165) is 17.1 Å². The van der Waals surface area contributed by atoms with E-state index in [0.29, 0.717) is 10.8 Å². The Morgan fingerprint density at radius 2 is 2.08 bits per heavy atom. The van der Waals surface area contributed by atoms with E-state index in [-0.39, 0.29) is 18.8 Å². The van der Waals surface area contributed by atoms with Crippen molar-refractivity contribution in [1.29, 1.82) is 0 Å². The van der Waals surface area contributed by atoms with Crippen molar-refractivity contribution in [3.63, 3.8) is 0 Å². The molecule has 2 atom stereocenters. The van der Waals surface area contributed by atoms with Gasteiger partial charge in [-0.05, 0) is 42.7 Å². The Labute approximate surface area is 157 Å². The Kier molecular flexibility index (Phi) is 7.45. The molecule has 0 aliphatic rings. The number of carboxylic acids is 1. The highest BCUT2D eigenvalue weighted by molar-refractivity contribution is 7.99. The van der Waals surface area contributed by atoms with Crippen LogP contribution in [0.5, 0.6) is 5.75 Å². The van der Waals surface area contributed by atoms with Crippen molar-refractivity contribution >= 4 is 17.7 Å². The van der Waals surface area contributed by atoms with E-state index in [1.54, 1.807) is 24.8 Å². The number of rotatable bonds is 9. The zero-order valence-corrected chi connectivity index (χ0v) is 16.1. The molecule has 1 N–H and O–H groups in total. The van der Waals surface area contributed by atoms with Crippen LogP contribution in [0.4, 0.5) is 4.39 Å². The first-order valence-corrected chi connectivity index (χ1v) is 9.53. The Hall–Kier alpha value is -2.08. The number of carboxylic acid groups (broad SMARTS) is 1. The molecule has 0 bridgehead atoms. The molecule has 2 rings (SSSR count). The number of hydrogen-bond donors (Lipinski definition) is 1. The number of benzene rings is 1. The summed E-state index contributed by atoms with van der Waals surface area (Å²) < 4.78 is 19.8. The van der Waals surface area contributed by atoms with Gasteiger partial charge in [0.05, 0.1) is 16.6 Å². The Morgan fingerprint density at radius 3 is 2.73 bits per heavy atom. The van der Waals surface area contributed by atoms with Gasteiger partial charge in [0, 0.05) is 5.25 Å². The minimum atomic E-state index is -0.896. The molecule has 140 valence electrons. The Bertz CT molecular complexity index is 754. The molecule has 0 saturated heterocycles. The molecule has 0 aliphatic carbocycles. The van der Waals surface area contributed by atoms with E-state index in [1.807, 2.05) is 18.2 Å². The number of thioether (sulfide) groups is 1. The fourth-order valence-electron chi connectivity index (χ4n) is 2.27. The van der Waals surface area contributed by atoms with E-state index >= 15 is 0 Å². The molecule has 0 fully saturated rings. The van der Waals surface area contributed by atoms with E-state index in [4.69, 9.17) is 9.84 Å². The SMILES string of the molecule is CCC(C)Sc1cccc(COc2ccc(CC(C)C(=O)O)cc2F)n1. The number of carbonyl (C=O) groups is 1. The van der Waals surface area contributed by atoms with Crippen molar-refractivity contribution < 1.29 is 19.0 Å². The molecule has 26 heavy (non-hydrogen) atoms. The number of aliphatic carboxylic acids is 1. The van der Waals surface area contributed by atoms with E-state index in [1.165, 1.54) is 12.1 Å². The fraction of sp³-hybridized carbons (Fsp3) is 0.400. The molecule has 0 radical (unpaired) electrons. The molecule has 2 unspecified atom stereocenters. The van der Waals surface area contributed by atoms with Gasteiger partial charge in [-0.25, -0.2) is 9.37 Å². The monoisotopic (exact) mass is 377 g/mol. The van der Waals surface area contributed by atoms with Crippen molar-refractivity contribution in [3.05, 3.63) is 53.5 Å². The topological polar surface area (TPSA) is 59.4 Å². The summed E-state index contributed by atoms with van der Waals surface area (Å²) in [5.41, 5.74) is 1.37. The van der Waals surface area contributed by atoms with Crippen LogP contribution in [0.3, 0.4) is 0 Å². The minimum absolute atomic E-state index is 0.138. The number of ether oxygens (including phenoxy) is 1. The lowest BCUT2D eigenvalue weighted by molar-refractivity contribution is -0.141. The third-order valence-corrected chi connectivity index (χ3v) is 5.22. The van der Waals surface area contributed by atoms with Crippen LogP contribution < -0.4 is 4.74 Å². The highest BCUT2D eigenvalue weighted by Gasteiger charge is 2.13. The molecular formula is C20H24FNO3S. The second-order valence-corrected chi connectivity index (χ2v) is 7.76. The average molecular weight is 377 g/mol. The van der Waals surface area contributed by atoms with Crippen LogP contribution in [0.15, 0.2) is 41.4 Å². The third kappa shape index (κ3) is 6.02. The maximum atomic E-state index is 14.2. The lowest BCUT2D eigenvalue weighted by Crippen LogP contribution is -2.12. The summed E-state index contributed by atoms with van der Waals surface area (Å²) in [6.45, 7) is 6.06. The minimum Gasteiger partial charge on any atom is -0.484 e. The number of halogens is 1. The average Bonchev–Trinajstić information content (AvgIpc) is 2.61. The van der Waals surface area contributed by atoms with Crippen molar-refractivity contribution in [1.82, 2.24) is 4.98 Å². The molecule has 0 saturated carbocycles. The van der Waals surface area contributed by atoms with Crippen molar-refractivity contribution in [2.75, 3.05) is 0 Å². The Balaban J connectivity index is 1.99. The van der Waals surface area contributed by atoms with Crippen LogP contribution in [0, 0.1) is 11.7 Å². The molecule has 0 aliphatic heterocycles. The first-order valence-electron chi connectivity index (χ1n) is 8.65.